The summed E-state index contributed by atoms with van der Waals surface area (Å²) in [5.41, 5.74) is 0.901. The molecule has 0 saturated carbocycles. The van der Waals surface area contributed by atoms with Crippen molar-refractivity contribution in [2.75, 3.05) is 25.5 Å². The number of nitrogens with zero attached hydrogens (tertiary/aromatic N) is 2. The van der Waals surface area contributed by atoms with Gasteiger partial charge in [-0.15, -0.1) is 0 Å². The van der Waals surface area contributed by atoms with E-state index in [9.17, 15) is 0 Å². The first-order chi connectivity index (χ1) is 8.85. The minimum atomic E-state index is 0.424. The van der Waals surface area contributed by atoms with E-state index in [0.717, 1.165) is 36.2 Å². The Morgan fingerprint density at radius 3 is 3.17 bits per heavy atom. The lowest BCUT2D eigenvalue weighted by atomic mass is 10.2. The molecule has 1 atom stereocenters. The van der Waals surface area contributed by atoms with Crippen molar-refractivity contribution in [1.29, 1.82) is 0 Å². The Morgan fingerprint density at radius 1 is 1.44 bits per heavy atom. The number of nitrogens with one attached hydrogen (secondary N) is 2. The molecule has 2 heterocycles. The highest BCUT2D eigenvalue weighted by Crippen LogP contribution is 2.19. The molecular formula is C13H16N4O. The number of methoxy groups -OCH3 is 1. The van der Waals surface area contributed by atoms with Gasteiger partial charge in [-0.2, -0.15) is 0 Å². The van der Waals surface area contributed by atoms with E-state index in [4.69, 9.17) is 4.74 Å². The van der Waals surface area contributed by atoms with Gasteiger partial charge in [0.2, 0.25) is 5.95 Å². The molecule has 0 bridgehead atoms. The maximum absolute atomic E-state index is 5.20. The zero-order chi connectivity index (χ0) is 12.4. The number of anilines is 1. The van der Waals surface area contributed by atoms with Crippen LogP contribution >= 0.6 is 0 Å². The van der Waals surface area contributed by atoms with Crippen LogP contribution < -0.4 is 15.4 Å². The SMILES string of the molecule is COc1ccc2cnc(N[C@@H]3CCNC3)nc2c1. The molecule has 0 spiro atoms. The zero-order valence-corrected chi connectivity index (χ0v) is 10.3. The molecule has 5 heteroatoms. The van der Waals surface area contributed by atoms with Gasteiger partial charge in [-0.1, -0.05) is 0 Å². The van der Waals surface area contributed by atoms with Gasteiger partial charge in [0.05, 0.1) is 12.6 Å². The summed E-state index contributed by atoms with van der Waals surface area (Å²) in [4.78, 5) is 8.85. The fraction of sp³-hybridized carbons (Fsp3) is 0.385. The van der Waals surface area contributed by atoms with E-state index in [-0.39, 0.29) is 0 Å². The van der Waals surface area contributed by atoms with Crippen molar-refractivity contribution in [2.45, 2.75) is 12.5 Å². The highest BCUT2D eigenvalue weighted by atomic mass is 16.5. The summed E-state index contributed by atoms with van der Waals surface area (Å²) >= 11 is 0. The summed E-state index contributed by atoms with van der Waals surface area (Å²) in [6, 6.07) is 6.23. The molecule has 2 aromatic rings. The maximum Gasteiger partial charge on any atom is 0.223 e. The quantitative estimate of drug-likeness (QED) is 0.855. The van der Waals surface area contributed by atoms with Gasteiger partial charge in [0, 0.05) is 30.2 Å². The van der Waals surface area contributed by atoms with Crippen molar-refractivity contribution in [3.8, 4) is 5.75 Å². The second kappa shape index (κ2) is 4.78. The highest BCUT2D eigenvalue weighted by molar-refractivity contribution is 5.80. The largest absolute Gasteiger partial charge is 0.497 e. The number of hydrogen-bond donors (Lipinski definition) is 2. The molecule has 0 radical (unpaired) electrons. The van der Waals surface area contributed by atoms with Gasteiger partial charge in [-0.05, 0) is 25.1 Å². The molecule has 0 amide bonds. The maximum atomic E-state index is 5.20. The molecule has 5 nitrogen and oxygen atoms in total. The van der Waals surface area contributed by atoms with Crippen LogP contribution in [0.2, 0.25) is 0 Å². The second-order valence-electron chi connectivity index (χ2n) is 4.45. The Labute approximate surface area is 106 Å². The standard InChI is InChI=1S/C13H16N4O/c1-18-11-3-2-9-7-15-13(17-12(9)6-11)16-10-4-5-14-8-10/h2-3,6-7,10,14H,4-5,8H2,1H3,(H,15,16,17)/t10-/m1/s1. The molecule has 1 aliphatic rings. The van der Waals surface area contributed by atoms with Crippen molar-refractivity contribution < 1.29 is 4.74 Å². The third-order valence-corrected chi connectivity index (χ3v) is 3.18. The van der Waals surface area contributed by atoms with Crippen LogP contribution in [0.1, 0.15) is 6.42 Å². The molecular weight excluding hydrogens is 228 g/mol. The number of rotatable bonds is 3. The summed E-state index contributed by atoms with van der Waals surface area (Å²) in [7, 11) is 1.66. The van der Waals surface area contributed by atoms with E-state index in [1.807, 2.05) is 24.4 Å². The number of benzene rings is 1. The summed E-state index contributed by atoms with van der Waals surface area (Å²) in [6.07, 6.45) is 2.95. The third kappa shape index (κ3) is 2.22. The molecule has 1 aliphatic heterocycles. The topological polar surface area (TPSA) is 59.1 Å². The summed E-state index contributed by atoms with van der Waals surface area (Å²) in [5.74, 6) is 1.50. The normalized spacial score (nSPS) is 19.1. The van der Waals surface area contributed by atoms with Crippen molar-refractivity contribution in [2.24, 2.45) is 0 Å². The average Bonchev–Trinajstić information content (AvgIpc) is 2.90. The summed E-state index contributed by atoms with van der Waals surface area (Å²) < 4.78 is 5.20. The summed E-state index contributed by atoms with van der Waals surface area (Å²) in [6.45, 7) is 2.03. The second-order valence-corrected chi connectivity index (χ2v) is 4.45. The Kier molecular flexibility index (Phi) is 2.98. The predicted octanol–water partition coefficient (Wildman–Crippen LogP) is 1.41. The number of aromatic nitrogens is 2. The van der Waals surface area contributed by atoms with Crippen LogP contribution in [0.25, 0.3) is 10.9 Å². The van der Waals surface area contributed by atoms with Crippen LogP contribution in [0.4, 0.5) is 5.95 Å². The lowest BCUT2D eigenvalue weighted by Gasteiger charge is -2.11. The van der Waals surface area contributed by atoms with Crippen LogP contribution in [0, 0.1) is 0 Å². The average molecular weight is 244 g/mol. The monoisotopic (exact) mass is 244 g/mol. The molecule has 1 fully saturated rings. The number of ether oxygens (including phenoxy) is 1. The Balaban J connectivity index is 1.88. The van der Waals surface area contributed by atoms with Crippen LogP contribution in [-0.2, 0) is 0 Å². The molecule has 1 aromatic heterocycles. The number of hydrogen-bond acceptors (Lipinski definition) is 5. The van der Waals surface area contributed by atoms with Gasteiger partial charge < -0.3 is 15.4 Å². The molecule has 0 unspecified atom stereocenters. The van der Waals surface area contributed by atoms with E-state index in [2.05, 4.69) is 20.6 Å². The highest BCUT2D eigenvalue weighted by Gasteiger charge is 2.14. The van der Waals surface area contributed by atoms with Crippen LogP contribution in [0.15, 0.2) is 24.4 Å². The molecule has 2 N–H and O–H groups in total. The van der Waals surface area contributed by atoms with Crippen molar-refractivity contribution in [3.63, 3.8) is 0 Å². The van der Waals surface area contributed by atoms with Crippen molar-refractivity contribution in [1.82, 2.24) is 15.3 Å². The van der Waals surface area contributed by atoms with E-state index >= 15 is 0 Å². The lowest BCUT2D eigenvalue weighted by molar-refractivity contribution is 0.415. The first-order valence-electron chi connectivity index (χ1n) is 6.13. The van der Waals surface area contributed by atoms with Gasteiger partial charge >= 0.3 is 0 Å². The Morgan fingerprint density at radius 2 is 2.39 bits per heavy atom. The number of fused-ring (bicyclic) bond motifs is 1. The molecule has 1 aromatic carbocycles. The molecule has 18 heavy (non-hydrogen) atoms. The van der Waals surface area contributed by atoms with Crippen molar-refractivity contribution >= 4 is 16.9 Å². The van der Waals surface area contributed by atoms with Crippen LogP contribution in [-0.4, -0.2) is 36.2 Å². The fourth-order valence-corrected chi connectivity index (χ4v) is 2.16. The lowest BCUT2D eigenvalue weighted by Crippen LogP contribution is -2.23. The van der Waals surface area contributed by atoms with E-state index < -0.39 is 0 Å². The van der Waals surface area contributed by atoms with E-state index in [0.29, 0.717) is 12.0 Å². The van der Waals surface area contributed by atoms with Gasteiger partial charge in [-0.3, -0.25) is 0 Å². The Bertz CT molecular complexity index is 552. The summed E-state index contributed by atoms with van der Waals surface area (Å²) in [5, 5.41) is 7.67. The first kappa shape index (κ1) is 11.2. The minimum absolute atomic E-state index is 0.424. The smallest absolute Gasteiger partial charge is 0.223 e. The first-order valence-corrected chi connectivity index (χ1v) is 6.13. The van der Waals surface area contributed by atoms with Gasteiger partial charge in [-0.25, -0.2) is 9.97 Å². The third-order valence-electron chi connectivity index (χ3n) is 3.18. The molecule has 1 saturated heterocycles. The predicted molar refractivity (Wildman–Crippen MR) is 71.0 cm³/mol. The Hall–Kier alpha value is -1.88. The molecule has 3 rings (SSSR count). The minimum Gasteiger partial charge on any atom is -0.497 e. The van der Waals surface area contributed by atoms with Gasteiger partial charge in [0.25, 0.3) is 0 Å². The van der Waals surface area contributed by atoms with E-state index in [1.165, 1.54) is 0 Å². The molecule has 0 aliphatic carbocycles. The van der Waals surface area contributed by atoms with Gasteiger partial charge in [0.15, 0.2) is 0 Å². The van der Waals surface area contributed by atoms with E-state index in [1.54, 1.807) is 7.11 Å². The van der Waals surface area contributed by atoms with Crippen molar-refractivity contribution in [3.05, 3.63) is 24.4 Å². The molecule has 94 valence electrons. The van der Waals surface area contributed by atoms with Crippen LogP contribution in [0.3, 0.4) is 0 Å². The van der Waals surface area contributed by atoms with Gasteiger partial charge in [0.1, 0.15) is 5.75 Å². The zero-order valence-electron chi connectivity index (χ0n) is 10.3. The fourth-order valence-electron chi connectivity index (χ4n) is 2.16. The van der Waals surface area contributed by atoms with Crippen LogP contribution in [0.5, 0.6) is 5.75 Å².